The summed E-state index contributed by atoms with van der Waals surface area (Å²) in [6, 6.07) is 0.280. The van der Waals surface area contributed by atoms with Crippen LogP contribution in [0.1, 0.15) is 37.6 Å². The van der Waals surface area contributed by atoms with Gasteiger partial charge in [0.1, 0.15) is 16.3 Å². The monoisotopic (exact) mass is 325 g/mol. The quantitative estimate of drug-likeness (QED) is 0.678. The maximum absolute atomic E-state index is 9.50. The molecule has 114 valence electrons. The van der Waals surface area contributed by atoms with E-state index in [1.807, 2.05) is 13.8 Å². The van der Waals surface area contributed by atoms with Crippen molar-refractivity contribution in [3.05, 3.63) is 21.9 Å². The molecule has 0 aromatic carbocycles. The van der Waals surface area contributed by atoms with Crippen LogP contribution in [0.5, 0.6) is 0 Å². The Morgan fingerprint density at radius 1 is 1.48 bits per heavy atom. The minimum atomic E-state index is 0.280. The molecule has 3 rings (SSSR count). The van der Waals surface area contributed by atoms with Gasteiger partial charge in [0.2, 0.25) is 6.41 Å². The average Bonchev–Trinajstić information content (AvgIpc) is 2.77. The zero-order valence-electron chi connectivity index (χ0n) is 12.5. The van der Waals surface area contributed by atoms with Crippen molar-refractivity contribution in [3.63, 3.8) is 0 Å². The van der Waals surface area contributed by atoms with Gasteiger partial charge in [-0.15, -0.1) is 11.3 Å². The van der Waals surface area contributed by atoms with E-state index in [4.69, 9.17) is 11.6 Å². The van der Waals surface area contributed by atoms with Gasteiger partial charge in [-0.1, -0.05) is 18.5 Å². The van der Waals surface area contributed by atoms with Gasteiger partial charge in [0.25, 0.3) is 0 Å². The molecule has 2 heterocycles. The highest BCUT2D eigenvalue weighted by Gasteiger charge is 2.22. The molecule has 0 saturated heterocycles. The van der Waals surface area contributed by atoms with E-state index in [9.17, 15) is 4.79 Å². The molecule has 0 spiro atoms. The lowest BCUT2D eigenvalue weighted by Crippen LogP contribution is -2.19. The lowest BCUT2D eigenvalue weighted by atomic mass is 9.89. The van der Waals surface area contributed by atoms with E-state index in [0.717, 1.165) is 22.6 Å². The summed E-state index contributed by atoms with van der Waals surface area (Å²) in [5, 5.41) is 4.25. The van der Waals surface area contributed by atoms with Crippen LogP contribution in [0.15, 0.2) is 6.33 Å². The highest BCUT2D eigenvalue weighted by molar-refractivity contribution is 7.19. The van der Waals surface area contributed by atoms with Gasteiger partial charge in [-0.2, -0.15) is 0 Å². The summed E-state index contributed by atoms with van der Waals surface area (Å²) in [6.45, 7) is 6.13. The Morgan fingerprint density at radius 3 is 2.86 bits per heavy atom. The Hall–Kier alpha value is -1.20. The first-order chi connectivity index (χ1) is 10.0. The normalized spacial score (nSPS) is 17.1. The van der Waals surface area contributed by atoms with Crippen molar-refractivity contribution in [2.24, 2.45) is 5.92 Å². The molecule has 1 N–H and O–H groups in total. The second-order valence-electron chi connectivity index (χ2n) is 5.64. The first kappa shape index (κ1) is 16.2. The smallest absolute Gasteiger partial charge is 0.207 e. The number of aromatic nitrogens is 2. The Balaban J connectivity index is 0.000000232. The largest absolute Gasteiger partial charge is 0.357 e. The number of rotatable bonds is 2. The molecule has 4 nitrogen and oxygen atoms in total. The van der Waals surface area contributed by atoms with Crippen molar-refractivity contribution in [3.8, 4) is 0 Å². The summed E-state index contributed by atoms with van der Waals surface area (Å²) in [5.41, 5.74) is 1.40. The van der Waals surface area contributed by atoms with Crippen LogP contribution in [-0.4, -0.2) is 22.4 Å². The van der Waals surface area contributed by atoms with Gasteiger partial charge in [-0.3, -0.25) is 4.79 Å². The molecule has 0 aliphatic heterocycles. The molecule has 2 aromatic rings. The molecule has 2 aromatic heterocycles. The van der Waals surface area contributed by atoms with Crippen molar-refractivity contribution in [1.29, 1.82) is 0 Å². The number of hydrogen-bond acceptors (Lipinski definition) is 4. The van der Waals surface area contributed by atoms with Crippen LogP contribution >= 0.6 is 22.9 Å². The topological polar surface area (TPSA) is 54.9 Å². The van der Waals surface area contributed by atoms with Gasteiger partial charge in [0, 0.05) is 10.9 Å². The fourth-order valence-corrected chi connectivity index (χ4v) is 4.03. The summed E-state index contributed by atoms with van der Waals surface area (Å²) in [7, 11) is 0. The lowest BCUT2D eigenvalue weighted by molar-refractivity contribution is -0.109. The number of nitrogens with one attached hydrogen (secondary N) is 1. The van der Waals surface area contributed by atoms with E-state index >= 15 is 0 Å². The van der Waals surface area contributed by atoms with Crippen molar-refractivity contribution in [2.75, 3.05) is 0 Å². The molecule has 0 saturated carbocycles. The minimum Gasteiger partial charge on any atom is -0.357 e. The molecule has 0 radical (unpaired) electrons. The Bertz CT molecular complexity index is 627. The number of thiophene rings is 1. The first-order valence-electron chi connectivity index (χ1n) is 7.13. The van der Waals surface area contributed by atoms with Crippen molar-refractivity contribution in [2.45, 2.75) is 46.1 Å². The average molecular weight is 326 g/mol. The molecule has 1 aliphatic rings. The number of amides is 1. The summed E-state index contributed by atoms with van der Waals surface area (Å²) in [5.74, 6) is 0.789. The van der Waals surface area contributed by atoms with E-state index < -0.39 is 0 Å². The van der Waals surface area contributed by atoms with Gasteiger partial charge < -0.3 is 5.32 Å². The maximum atomic E-state index is 9.50. The lowest BCUT2D eigenvalue weighted by Gasteiger charge is -2.17. The number of fused-ring (bicyclic) bond motifs is 3. The second-order valence-corrected chi connectivity index (χ2v) is 7.08. The zero-order valence-corrected chi connectivity index (χ0v) is 14.1. The van der Waals surface area contributed by atoms with Crippen LogP contribution in [0, 0.1) is 5.92 Å². The molecule has 21 heavy (non-hydrogen) atoms. The highest BCUT2D eigenvalue weighted by Crippen LogP contribution is 2.39. The molecular weight excluding hydrogens is 306 g/mol. The molecule has 0 bridgehead atoms. The van der Waals surface area contributed by atoms with Crippen molar-refractivity contribution >= 4 is 39.6 Å². The van der Waals surface area contributed by atoms with Gasteiger partial charge in [0.15, 0.2) is 0 Å². The van der Waals surface area contributed by atoms with Crippen LogP contribution in [0.25, 0.3) is 10.2 Å². The van der Waals surface area contributed by atoms with E-state index in [1.54, 1.807) is 17.7 Å². The van der Waals surface area contributed by atoms with E-state index in [-0.39, 0.29) is 6.04 Å². The Kier molecular flexibility index (Phi) is 5.53. The number of hydrogen-bond donors (Lipinski definition) is 1. The van der Waals surface area contributed by atoms with Gasteiger partial charge in [-0.25, -0.2) is 9.97 Å². The molecule has 1 atom stereocenters. The third-order valence-corrected chi connectivity index (χ3v) is 4.90. The minimum absolute atomic E-state index is 0.280. The molecule has 6 heteroatoms. The molecular formula is C15H20ClN3OS. The second kappa shape index (κ2) is 7.18. The third kappa shape index (κ3) is 3.92. The van der Waals surface area contributed by atoms with Crippen molar-refractivity contribution < 1.29 is 4.79 Å². The fraction of sp³-hybridized carbons (Fsp3) is 0.533. The maximum Gasteiger partial charge on any atom is 0.207 e. The molecule has 1 unspecified atom stereocenters. The number of nitrogens with zero attached hydrogens (tertiary/aromatic N) is 2. The standard InChI is InChI=1S/C11H11ClN2S.C4H9NO/c1-6-2-3-7-8(4-6)15-11-9(7)10(12)13-5-14-11;1-4(2)5-3-6/h5-6H,2-4H2,1H3;3-4H,1-2H3,(H,5,6). The summed E-state index contributed by atoms with van der Waals surface area (Å²) < 4.78 is 0. The van der Waals surface area contributed by atoms with Gasteiger partial charge >= 0.3 is 0 Å². The molecule has 1 aliphatic carbocycles. The van der Waals surface area contributed by atoms with Gasteiger partial charge in [-0.05, 0) is 44.6 Å². The SMILES string of the molecule is CC(C)NC=O.CC1CCc2c(sc3ncnc(Cl)c23)C1. The van der Waals surface area contributed by atoms with E-state index in [1.165, 1.54) is 23.3 Å². The summed E-state index contributed by atoms with van der Waals surface area (Å²) in [6.07, 6.45) is 5.81. The molecule has 1 amide bonds. The number of carbonyl (C=O) groups excluding carboxylic acids is 1. The predicted molar refractivity (Wildman–Crippen MR) is 87.9 cm³/mol. The van der Waals surface area contributed by atoms with Gasteiger partial charge in [0.05, 0.1) is 5.39 Å². The number of aryl methyl sites for hydroxylation is 1. The van der Waals surface area contributed by atoms with E-state index in [2.05, 4.69) is 22.2 Å². The summed E-state index contributed by atoms with van der Waals surface area (Å²) in [4.78, 5) is 20.4. The fourth-order valence-electron chi connectivity index (χ4n) is 2.37. The van der Waals surface area contributed by atoms with Crippen LogP contribution < -0.4 is 5.32 Å². The third-order valence-electron chi connectivity index (χ3n) is 3.45. The first-order valence-corrected chi connectivity index (χ1v) is 8.32. The number of halogens is 1. The summed E-state index contributed by atoms with van der Waals surface area (Å²) >= 11 is 7.91. The Morgan fingerprint density at radius 2 is 2.24 bits per heavy atom. The van der Waals surface area contributed by atoms with Crippen LogP contribution in [0.4, 0.5) is 0 Å². The number of carbonyl (C=O) groups is 1. The zero-order chi connectivity index (χ0) is 15.4. The van der Waals surface area contributed by atoms with E-state index in [0.29, 0.717) is 11.6 Å². The Labute approximate surface area is 133 Å². The van der Waals surface area contributed by atoms with Crippen LogP contribution in [-0.2, 0) is 17.6 Å². The van der Waals surface area contributed by atoms with Crippen LogP contribution in [0.3, 0.4) is 0 Å². The molecule has 0 fully saturated rings. The van der Waals surface area contributed by atoms with Crippen molar-refractivity contribution in [1.82, 2.24) is 15.3 Å². The predicted octanol–water partition coefficient (Wildman–Crippen LogP) is 3.61. The van der Waals surface area contributed by atoms with Crippen LogP contribution in [0.2, 0.25) is 5.15 Å². The highest BCUT2D eigenvalue weighted by atomic mass is 35.5.